The fourth-order valence-corrected chi connectivity index (χ4v) is 4.72. The number of carbonyl (C=O) groups excluding carboxylic acids is 1. The minimum atomic E-state index is -1.00. The zero-order chi connectivity index (χ0) is 26.1. The van der Waals surface area contributed by atoms with Crippen molar-refractivity contribution in [2.24, 2.45) is 5.92 Å². The summed E-state index contributed by atoms with van der Waals surface area (Å²) in [6.07, 6.45) is 2.27. The van der Waals surface area contributed by atoms with Crippen LogP contribution in [0.15, 0.2) is 12.4 Å². The van der Waals surface area contributed by atoms with Crippen molar-refractivity contribution in [1.29, 1.82) is 0 Å². The Labute approximate surface area is 215 Å². The average Bonchev–Trinajstić information content (AvgIpc) is 3.26. The number of hydrogen-bond acceptors (Lipinski definition) is 11. The van der Waals surface area contributed by atoms with E-state index in [1.807, 2.05) is 0 Å². The number of imidazole rings is 1. The summed E-state index contributed by atoms with van der Waals surface area (Å²) in [5.74, 6) is 2.37. The maximum atomic E-state index is 12.3. The molecule has 5 heterocycles. The van der Waals surface area contributed by atoms with E-state index in [1.54, 1.807) is 17.3 Å². The van der Waals surface area contributed by atoms with E-state index < -0.39 is 6.10 Å². The van der Waals surface area contributed by atoms with Gasteiger partial charge in [-0.3, -0.25) is 9.36 Å². The number of hydrogen-bond donors (Lipinski definition) is 2. The summed E-state index contributed by atoms with van der Waals surface area (Å²) >= 11 is 0. The molecule has 198 valence electrons. The van der Waals surface area contributed by atoms with Crippen molar-refractivity contribution in [2.45, 2.75) is 33.4 Å². The summed E-state index contributed by atoms with van der Waals surface area (Å²) < 4.78 is 7.73. The topological polar surface area (TPSA) is 152 Å². The van der Waals surface area contributed by atoms with Crippen molar-refractivity contribution in [3.63, 3.8) is 0 Å². The van der Waals surface area contributed by atoms with Crippen LogP contribution in [0.1, 0.15) is 20.8 Å². The van der Waals surface area contributed by atoms with E-state index in [0.717, 1.165) is 29.5 Å². The third-order valence-corrected chi connectivity index (χ3v) is 6.58. The van der Waals surface area contributed by atoms with Gasteiger partial charge in [0.05, 0.1) is 18.8 Å². The SMILES string of the molecule is CC(C)Cn1c(N2CCN(C(=O)[C@H](C)O)CC2)nc2c(N3CCOCC3)nc(-c3cnc(N)nc3)nc21. The van der Waals surface area contributed by atoms with Gasteiger partial charge in [-0.25, -0.2) is 24.9 Å². The lowest BCUT2D eigenvalue weighted by Gasteiger charge is -2.36. The smallest absolute Gasteiger partial charge is 0.251 e. The van der Waals surface area contributed by atoms with Gasteiger partial charge in [-0.15, -0.1) is 0 Å². The van der Waals surface area contributed by atoms with Crippen molar-refractivity contribution >= 4 is 34.8 Å². The fraction of sp³-hybridized carbons (Fsp3) is 0.583. The second-order valence-corrected chi connectivity index (χ2v) is 9.88. The Kier molecular flexibility index (Phi) is 7.07. The van der Waals surface area contributed by atoms with Crippen LogP contribution in [0.2, 0.25) is 0 Å². The van der Waals surface area contributed by atoms with Gasteiger partial charge >= 0.3 is 0 Å². The lowest BCUT2D eigenvalue weighted by atomic mass is 10.2. The van der Waals surface area contributed by atoms with Crippen LogP contribution in [0.25, 0.3) is 22.6 Å². The molecule has 0 saturated carbocycles. The highest BCUT2D eigenvalue weighted by atomic mass is 16.5. The molecule has 2 fully saturated rings. The molecule has 3 aromatic rings. The zero-order valence-corrected chi connectivity index (χ0v) is 21.5. The fourth-order valence-electron chi connectivity index (χ4n) is 4.72. The normalized spacial score (nSPS) is 17.6. The summed E-state index contributed by atoms with van der Waals surface area (Å²) in [7, 11) is 0. The third-order valence-electron chi connectivity index (χ3n) is 6.58. The van der Waals surface area contributed by atoms with Crippen LogP contribution in [-0.2, 0) is 16.1 Å². The molecular formula is C24H34N10O3. The number of fused-ring (bicyclic) bond motifs is 1. The first-order valence-electron chi connectivity index (χ1n) is 12.7. The zero-order valence-electron chi connectivity index (χ0n) is 21.5. The Bertz CT molecular complexity index is 1250. The van der Waals surface area contributed by atoms with Gasteiger partial charge in [-0.2, -0.15) is 0 Å². The third kappa shape index (κ3) is 5.14. The highest BCUT2D eigenvalue weighted by Crippen LogP contribution is 2.32. The van der Waals surface area contributed by atoms with E-state index in [-0.39, 0.29) is 11.9 Å². The number of carbonyl (C=O) groups is 1. The van der Waals surface area contributed by atoms with Crippen molar-refractivity contribution in [1.82, 2.24) is 34.4 Å². The first-order chi connectivity index (χ1) is 17.8. The number of morpholine rings is 1. The summed E-state index contributed by atoms with van der Waals surface area (Å²) in [6, 6.07) is 0. The molecule has 1 atom stereocenters. The van der Waals surface area contributed by atoms with Gasteiger partial charge in [-0.1, -0.05) is 13.8 Å². The van der Waals surface area contributed by atoms with Gasteiger partial charge in [-0.05, 0) is 12.8 Å². The van der Waals surface area contributed by atoms with Crippen LogP contribution < -0.4 is 15.5 Å². The van der Waals surface area contributed by atoms with Gasteiger partial charge in [0.15, 0.2) is 22.8 Å². The molecule has 0 aromatic carbocycles. The average molecular weight is 511 g/mol. The standard InChI is InChI=1S/C24H34N10O3/c1-15(2)14-34-21-18(28-24(34)33-6-4-32(5-7-33)22(36)16(3)35)20(31-8-10-37-11-9-31)29-19(30-21)17-12-26-23(25)27-13-17/h12-13,15-16,35H,4-11,14H2,1-3H3,(H2,25,26,27)/t16-/m0/s1. The van der Waals surface area contributed by atoms with Crippen LogP contribution in [0.4, 0.5) is 17.7 Å². The van der Waals surface area contributed by atoms with E-state index in [0.29, 0.717) is 69.8 Å². The molecule has 13 heteroatoms. The second-order valence-electron chi connectivity index (χ2n) is 9.88. The molecule has 3 N–H and O–H groups in total. The number of nitrogens with two attached hydrogens (primary N) is 1. The second kappa shape index (κ2) is 10.4. The van der Waals surface area contributed by atoms with Crippen molar-refractivity contribution < 1.29 is 14.6 Å². The molecule has 2 aliphatic rings. The van der Waals surface area contributed by atoms with Crippen molar-refractivity contribution in [3.8, 4) is 11.4 Å². The molecule has 37 heavy (non-hydrogen) atoms. The maximum absolute atomic E-state index is 12.3. The molecule has 3 aromatic heterocycles. The molecule has 0 aliphatic carbocycles. The lowest BCUT2D eigenvalue weighted by molar-refractivity contribution is -0.139. The molecule has 2 saturated heterocycles. The minimum Gasteiger partial charge on any atom is -0.384 e. The summed E-state index contributed by atoms with van der Waals surface area (Å²) in [5, 5.41) is 9.72. The first kappa shape index (κ1) is 25.1. The van der Waals surface area contributed by atoms with Crippen LogP contribution in [0.3, 0.4) is 0 Å². The van der Waals surface area contributed by atoms with E-state index in [1.165, 1.54) is 6.92 Å². The van der Waals surface area contributed by atoms with Gasteiger partial charge in [0.2, 0.25) is 11.9 Å². The number of piperazine rings is 1. The first-order valence-corrected chi connectivity index (χ1v) is 12.7. The Morgan fingerprint density at radius 2 is 1.68 bits per heavy atom. The Morgan fingerprint density at radius 3 is 2.30 bits per heavy atom. The quantitative estimate of drug-likeness (QED) is 0.474. The van der Waals surface area contributed by atoms with Crippen molar-refractivity contribution in [2.75, 3.05) is 68.0 Å². The predicted octanol–water partition coefficient (Wildman–Crippen LogP) is 0.388. The number of aliphatic hydroxyl groups excluding tert-OH is 1. The van der Waals surface area contributed by atoms with Gasteiger partial charge in [0.1, 0.15) is 6.10 Å². The summed E-state index contributed by atoms with van der Waals surface area (Å²) in [6.45, 7) is 11.4. The Morgan fingerprint density at radius 1 is 1.00 bits per heavy atom. The number of nitrogen functional groups attached to an aromatic ring is 1. The number of aliphatic hydroxyl groups is 1. The number of ether oxygens (including phenoxy) is 1. The number of nitrogens with zero attached hydrogens (tertiary/aromatic N) is 9. The van der Waals surface area contributed by atoms with Crippen LogP contribution >= 0.6 is 0 Å². The number of amides is 1. The van der Waals surface area contributed by atoms with Crippen LogP contribution in [0.5, 0.6) is 0 Å². The van der Waals surface area contributed by atoms with Crippen LogP contribution in [0, 0.1) is 5.92 Å². The molecule has 5 rings (SSSR count). The summed E-state index contributed by atoms with van der Waals surface area (Å²) in [4.78, 5) is 41.6. The van der Waals surface area contributed by atoms with Crippen molar-refractivity contribution in [3.05, 3.63) is 12.4 Å². The largest absolute Gasteiger partial charge is 0.384 e. The number of rotatable bonds is 6. The van der Waals surface area contributed by atoms with E-state index >= 15 is 0 Å². The minimum absolute atomic E-state index is 0.193. The van der Waals surface area contributed by atoms with E-state index in [9.17, 15) is 9.90 Å². The monoisotopic (exact) mass is 510 g/mol. The molecular weight excluding hydrogens is 476 g/mol. The van der Waals surface area contributed by atoms with E-state index in [4.69, 9.17) is 25.4 Å². The van der Waals surface area contributed by atoms with Gasteiger partial charge < -0.3 is 30.3 Å². The number of anilines is 3. The molecule has 0 bridgehead atoms. The van der Waals surface area contributed by atoms with Crippen LogP contribution in [-0.4, -0.2) is 104 Å². The Hall–Kier alpha value is -3.58. The van der Waals surface area contributed by atoms with Gasteiger partial charge in [0, 0.05) is 58.2 Å². The molecule has 0 unspecified atom stereocenters. The molecule has 0 spiro atoms. The summed E-state index contributed by atoms with van der Waals surface area (Å²) in [5.41, 5.74) is 7.87. The number of aromatic nitrogens is 6. The highest BCUT2D eigenvalue weighted by Gasteiger charge is 2.29. The Balaban J connectivity index is 1.60. The predicted molar refractivity (Wildman–Crippen MR) is 139 cm³/mol. The lowest BCUT2D eigenvalue weighted by Crippen LogP contribution is -2.51. The molecule has 1 amide bonds. The molecule has 2 aliphatic heterocycles. The molecule has 13 nitrogen and oxygen atoms in total. The highest BCUT2D eigenvalue weighted by molar-refractivity contribution is 5.88. The van der Waals surface area contributed by atoms with E-state index in [2.05, 4.69) is 38.2 Å². The maximum Gasteiger partial charge on any atom is 0.251 e. The van der Waals surface area contributed by atoms with Gasteiger partial charge in [0.25, 0.3) is 5.91 Å². The molecule has 0 radical (unpaired) electrons.